The molecule has 1 amide bonds. The monoisotopic (exact) mass is 285 g/mol. The molecule has 2 unspecified atom stereocenters. The van der Waals surface area contributed by atoms with Crippen molar-refractivity contribution < 1.29 is 4.79 Å². The van der Waals surface area contributed by atoms with Crippen LogP contribution in [0.4, 0.5) is 0 Å². The quantitative estimate of drug-likeness (QED) is 0.762. The Morgan fingerprint density at radius 1 is 1.53 bits per heavy atom. The molecule has 2 heterocycles. The third-order valence-electron chi connectivity index (χ3n) is 4.59. The maximum Gasteiger partial charge on any atom is 0.220 e. The maximum atomic E-state index is 12.0. The first-order valence-corrected chi connectivity index (χ1v) is 8.50. The van der Waals surface area contributed by atoms with E-state index in [1.54, 1.807) is 0 Å². The van der Waals surface area contributed by atoms with Gasteiger partial charge in [-0.3, -0.25) is 4.79 Å². The van der Waals surface area contributed by atoms with Gasteiger partial charge < -0.3 is 15.5 Å². The summed E-state index contributed by atoms with van der Waals surface area (Å²) in [6.45, 7) is 3.01. The van der Waals surface area contributed by atoms with Crippen LogP contribution in [0.3, 0.4) is 0 Å². The van der Waals surface area contributed by atoms with Gasteiger partial charge in [-0.25, -0.2) is 0 Å². The highest BCUT2D eigenvalue weighted by molar-refractivity contribution is 7.99. The summed E-state index contributed by atoms with van der Waals surface area (Å²) in [5.41, 5.74) is 0.176. The fraction of sp³-hybridized carbons (Fsp3) is 0.929. The fourth-order valence-corrected chi connectivity index (χ4v) is 4.45. The van der Waals surface area contributed by atoms with Gasteiger partial charge in [-0.05, 0) is 58.1 Å². The number of hydrogen-bond donors (Lipinski definition) is 2. The van der Waals surface area contributed by atoms with Gasteiger partial charge in [0.1, 0.15) is 0 Å². The van der Waals surface area contributed by atoms with Crippen molar-refractivity contribution in [2.24, 2.45) is 5.92 Å². The molecular weight excluding hydrogens is 258 g/mol. The van der Waals surface area contributed by atoms with E-state index in [1.165, 1.54) is 18.6 Å². The Hall–Kier alpha value is -0.260. The lowest BCUT2D eigenvalue weighted by molar-refractivity contribution is -0.121. The van der Waals surface area contributed by atoms with E-state index in [1.807, 2.05) is 11.8 Å². The Kier molecular flexibility index (Phi) is 5.54. The Bertz CT molecular complexity index is 297. The zero-order valence-corrected chi connectivity index (χ0v) is 13.0. The molecule has 4 nitrogen and oxygen atoms in total. The lowest BCUT2D eigenvalue weighted by Gasteiger charge is -2.35. The first-order valence-electron chi connectivity index (χ1n) is 7.35. The van der Waals surface area contributed by atoms with Crippen molar-refractivity contribution in [3.8, 4) is 0 Å². The number of amides is 1. The first-order chi connectivity index (χ1) is 9.12. The van der Waals surface area contributed by atoms with E-state index in [2.05, 4.69) is 29.6 Å². The summed E-state index contributed by atoms with van der Waals surface area (Å²) in [5.74, 6) is 3.27. The zero-order chi connectivity index (χ0) is 13.7. The van der Waals surface area contributed by atoms with Crippen LogP contribution in [0, 0.1) is 5.92 Å². The molecular formula is C14H27N3OS. The second-order valence-electron chi connectivity index (χ2n) is 6.10. The van der Waals surface area contributed by atoms with Crippen LogP contribution < -0.4 is 10.6 Å². The highest BCUT2D eigenvalue weighted by Gasteiger charge is 2.36. The smallest absolute Gasteiger partial charge is 0.220 e. The molecule has 0 radical (unpaired) electrons. The molecule has 0 saturated carbocycles. The molecule has 2 rings (SSSR count). The van der Waals surface area contributed by atoms with Crippen LogP contribution in [0.1, 0.15) is 25.7 Å². The standard InChI is InChI=1S/C14H27N3OS/c1-17(2)14(6-8-19-11-14)10-16-13(18)4-3-12-5-7-15-9-12/h12,15H,3-11H2,1-2H3,(H,16,18). The van der Waals surface area contributed by atoms with Gasteiger partial charge in [0.2, 0.25) is 5.91 Å². The highest BCUT2D eigenvalue weighted by Crippen LogP contribution is 2.31. The minimum Gasteiger partial charge on any atom is -0.354 e. The van der Waals surface area contributed by atoms with Gasteiger partial charge in [0, 0.05) is 24.3 Å². The fourth-order valence-electron chi connectivity index (χ4n) is 2.89. The van der Waals surface area contributed by atoms with Gasteiger partial charge >= 0.3 is 0 Å². The van der Waals surface area contributed by atoms with Crippen molar-refractivity contribution in [2.75, 3.05) is 45.2 Å². The second-order valence-corrected chi connectivity index (χ2v) is 7.20. The van der Waals surface area contributed by atoms with E-state index in [9.17, 15) is 4.79 Å². The SMILES string of the molecule is CN(C)C1(CNC(=O)CCC2CCNC2)CCSC1. The number of hydrogen-bond acceptors (Lipinski definition) is 4. The Morgan fingerprint density at radius 3 is 2.95 bits per heavy atom. The molecule has 19 heavy (non-hydrogen) atoms. The molecule has 2 fully saturated rings. The maximum absolute atomic E-state index is 12.0. The van der Waals surface area contributed by atoms with Gasteiger partial charge in [0.05, 0.1) is 0 Å². The second kappa shape index (κ2) is 6.95. The summed E-state index contributed by atoms with van der Waals surface area (Å²) >= 11 is 1.99. The topological polar surface area (TPSA) is 44.4 Å². The van der Waals surface area contributed by atoms with Gasteiger partial charge in [-0.2, -0.15) is 11.8 Å². The van der Waals surface area contributed by atoms with Crippen LogP contribution in [0.5, 0.6) is 0 Å². The van der Waals surface area contributed by atoms with Gasteiger partial charge in [-0.1, -0.05) is 0 Å². The van der Waals surface area contributed by atoms with Crippen LogP contribution in [-0.4, -0.2) is 61.6 Å². The average molecular weight is 285 g/mol. The molecule has 2 aliphatic heterocycles. The van der Waals surface area contributed by atoms with Crippen molar-refractivity contribution in [1.29, 1.82) is 0 Å². The first kappa shape index (κ1) is 15.1. The number of likely N-dealkylation sites (N-methyl/N-ethyl adjacent to an activating group) is 1. The van der Waals surface area contributed by atoms with Crippen molar-refractivity contribution >= 4 is 17.7 Å². The minimum atomic E-state index is 0.176. The van der Waals surface area contributed by atoms with E-state index >= 15 is 0 Å². The van der Waals surface area contributed by atoms with Crippen molar-refractivity contribution in [3.63, 3.8) is 0 Å². The number of rotatable bonds is 6. The number of carbonyl (C=O) groups is 1. The summed E-state index contributed by atoms with van der Waals surface area (Å²) in [5, 5.41) is 6.51. The molecule has 0 bridgehead atoms. The number of carbonyl (C=O) groups excluding carboxylic acids is 1. The molecule has 110 valence electrons. The van der Waals surface area contributed by atoms with Crippen LogP contribution >= 0.6 is 11.8 Å². The van der Waals surface area contributed by atoms with Crippen LogP contribution in [0.2, 0.25) is 0 Å². The summed E-state index contributed by atoms with van der Waals surface area (Å²) in [4.78, 5) is 14.3. The van der Waals surface area contributed by atoms with Crippen molar-refractivity contribution in [3.05, 3.63) is 0 Å². The third-order valence-corrected chi connectivity index (χ3v) is 5.82. The minimum absolute atomic E-state index is 0.176. The Balaban J connectivity index is 1.69. The van der Waals surface area contributed by atoms with E-state index < -0.39 is 0 Å². The van der Waals surface area contributed by atoms with E-state index in [-0.39, 0.29) is 11.4 Å². The predicted octanol–water partition coefficient (Wildman–Crippen LogP) is 0.930. The normalized spacial score (nSPS) is 31.0. The van der Waals surface area contributed by atoms with Crippen molar-refractivity contribution in [1.82, 2.24) is 15.5 Å². The molecule has 2 atom stereocenters. The van der Waals surface area contributed by atoms with Gasteiger partial charge in [0.15, 0.2) is 0 Å². The largest absolute Gasteiger partial charge is 0.354 e. The van der Waals surface area contributed by atoms with Crippen LogP contribution in [0.25, 0.3) is 0 Å². The predicted molar refractivity (Wildman–Crippen MR) is 81.6 cm³/mol. The lowest BCUT2D eigenvalue weighted by Crippen LogP contribution is -2.53. The summed E-state index contributed by atoms with van der Waals surface area (Å²) in [6.07, 6.45) is 4.12. The van der Waals surface area contributed by atoms with Crippen molar-refractivity contribution in [2.45, 2.75) is 31.2 Å². The number of thioether (sulfide) groups is 1. The summed E-state index contributed by atoms with van der Waals surface area (Å²) < 4.78 is 0. The molecule has 0 spiro atoms. The molecule has 0 aliphatic carbocycles. The number of nitrogens with zero attached hydrogens (tertiary/aromatic N) is 1. The van der Waals surface area contributed by atoms with E-state index in [0.717, 1.165) is 31.8 Å². The average Bonchev–Trinajstić information content (AvgIpc) is 3.05. The molecule has 0 aromatic heterocycles. The molecule has 0 aromatic carbocycles. The van der Waals surface area contributed by atoms with Gasteiger partial charge in [-0.15, -0.1) is 0 Å². The summed E-state index contributed by atoms with van der Waals surface area (Å²) in [6, 6.07) is 0. The molecule has 0 aromatic rings. The van der Waals surface area contributed by atoms with Crippen LogP contribution in [0.15, 0.2) is 0 Å². The molecule has 2 N–H and O–H groups in total. The zero-order valence-electron chi connectivity index (χ0n) is 12.2. The molecule has 2 aliphatic rings. The van der Waals surface area contributed by atoms with Gasteiger partial charge in [0.25, 0.3) is 0 Å². The summed E-state index contributed by atoms with van der Waals surface area (Å²) in [7, 11) is 4.25. The third kappa shape index (κ3) is 4.10. The Labute approximate surface area is 121 Å². The Morgan fingerprint density at radius 2 is 2.37 bits per heavy atom. The molecule has 5 heteroatoms. The van der Waals surface area contributed by atoms with E-state index in [4.69, 9.17) is 0 Å². The van der Waals surface area contributed by atoms with E-state index in [0.29, 0.717) is 12.3 Å². The lowest BCUT2D eigenvalue weighted by atomic mass is 9.97. The number of nitrogens with one attached hydrogen (secondary N) is 2. The highest BCUT2D eigenvalue weighted by atomic mass is 32.2. The van der Waals surface area contributed by atoms with Crippen LogP contribution in [-0.2, 0) is 4.79 Å². The molecule has 2 saturated heterocycles.